The summed E-state index contributed by atoms with van der Waals surface area (Å²) in [5.74, 6) is 1.33. The van der Waals surface area contributed by atoms with Crippen LogP contribution in [0, 0.1) is 6.92 Å². The predicted molar refractivity (Wildman–Crippen MR) is 125 cm³/mol. The number of aryl methyl sites for hydroxylation is 1. The molecule has 31 heavy (non-hydrogen) atoms. The molecule has 4 rings (SSSR count). The molecular formula is C23H32O6SSn. The van der Waals surface area contributed by atoms with Crippen LogP contribution in [0.2, 0.25) is 8.87 Å². The van der Waals surface area contributed by atoms with Gasteiger partial charge in [-0.1, -0.05) is 0 Å². The van der Waals surface area contributed by atoms with Gasteiger partial charge in [0.05, 0.1) is 0 Å². The Kier molecular flexibility index (Phi) is 7.58. The number of benzene rings is 1. The van der Waals surface area contributed by atoms with Crippen molar-refractivity contribution in [1.82, 2.24) is 0 Å². The monoisotopic (exact) mass is 556 g/mol. The Labute approximate surface area is 192 Å². The van der Waals surface area contributed by atoms with Crippen LogP contribution in [-0.4, -0.2) is 53.8 Å². The van der Waals surface area contributed by atoms with Crippen LogP contribution in [0.3, 0.4) is 0 Å². The Morgan fingerprint density at radius 2 is 1.90 bits per heavy atom. The number of thioether (sulfide) groups is 1. The molecule has 0 unspecified atom stereocenters. The summed E-state index contributed by atoms with van der Waals surface area (Å²) in [6, 6.07) is 6.95. The van der Waals surface area contributed by atoms with Crippen LogP contribution in [0.4, 0.5) is 0 Å². The molecule has 2 saturated heterocycles. The number of aliphatic hydroxyl groups is 1. The molecule has 0 amide bonds. The number of ether oxygens (including phenoxy) is 1. The number of rotatable bonds is 8. The Balaban J connectivity index is 1.49. The van der Waals surface area contributed by atoms with E-state index in [1.165, 1.54) is 6.07 Å². The molecule has 0 bridgehead atoms. The number of hydrogen-bond acceptors (Lipinski definition) is 7. The standard InChI is InChI=1S/C15H14O6S.2C4H9.Sn/c1-7-4-12(17)21-11-5-8(2-3-9(7)11)20-15-14(19)13(18)10(16)6-22-15;2*1-3-4-2;/h2-5,10,13-15,19H,6H2,1H3;2*1,3-4H2,2H3;/q-2;;;+2/t10-,13+,14-,15-;;;/m1.../s1. The normalized spacial score (nSPS) is 27.4. The van der Waals surface area contributed by atoms with Crippen LogP contribution < -0.4 is 10.4 Å². The van der Waals surface area contributed by atoms with Crippen molar-refractivity contribution in [3.05, 3.63) is 40.2 Å². The summed E-state index contributed by atoms with van der Waals surface area (Å²) in [4.78, 5) is 11.7. The van der Waals surface area contributed by atoms with Gasteiger partial charge in [0.15, 0.2) is 0 Å². The zero-order valence-electron chi connectivity index (χ0n) is 18.5. The number of fused-ring (bicyclic) bond motifs is 2. The van der Waals surface area contributed by atoms with Crippen LogP contribution >= 0.6 is 11.8 Å². The van der Waals surface area contributed by atoms with Crippen LogP contribution in [-0.2, 0) is 6.15 Å². The second kappa shape index (κ2) is 10.0. The van der Waals surface area contributed by atoms with E-state index in [1.54, 1.807) is 17.8 Å². The van der Waals surface area contributed by atoms with Crippen molar-refractivity contribution >= 4 is 41.9 Å². The summed E-state index contributed by atoms with van der Waals surface area (Å²) < 4.78 is 26.8. The number of unbranched alkanes of at least 4 members (excludes halogenated alkanes) is 2. The van der Waals surface area contributed by atoms with Gasteiger partial charge in [0, 0.05) is 0 Å². The van der Waals surface area contributed by atoms with E-state index in [2.05, 4.69) is 13.8 Å². The molecule has 1 aromatic heterocycles. The molecule has 2 fully saturated rings. The summed E-state index contributed by atoms with van der Waals surface area (Å²) in [7, 11) is 0. The third-order valence-corrected chi connectivity index (χ3v) is 17.8. The van der Waals surface area contributed by atoms with Crippen LogP contribution in [0.5, 0.6) is 5.75 Å². The molecule has 1 aromatic carbocycles. The SMILES string of the molecule is CCC[CH2][Sn]1([CH2]CCC)[O][C@@H]2[C@@H](O)[C@H](Oc3ccc4c(C)cc(=O)oc4c3)SC[C@H]2[O]1. The predicted octanol–water partition coefficient (Wildman–Crippen LogP) is 4.74. The fourth-order valence-corrected chi connectivity index (χ4v) is 17.7. The van der Waals surface area contributed by atoms with Crippen molar-refractivity contribution in [2.24, 2.45) is 0 Å². The molecule has 170 valence electrons. The molecule has 0 aliphatic carbocycles. The van der Waals surface area contributed by atoms with Gasteiger partial charge in [-0.3, -0.25) is 0 Å². The Morgan fingerprint density at radius 3 is 2.61 bits per heavy atom. The first-order valence-electron chi connectivity index (χ1n) is 11.3. The topological polar surface area (TPSA) is 78.1 Å². The molecule has 1 N–H and O–H groups in total. The van der Waals surface area contributed by atoms with Gasteiger partial charge < -0.3 is 0 Å². The van der Waals surface area contributed by atoms with E-state index >= 15 is 0 Å². The second-order valence-corrected chi connectivity index (χ2v) is 19.1. The molecular weight excluding hydrogens is 523 g/mol. The first-order chi connectivity index (χ1) is 14.9. The van der Waals surface area contributed by atoms with Crippen LogP contribution in [0.25, 0.3) is 11.0 Å². The molecule has 0 radical (unpaired) electrons. The van der Waals surface area contributed by atoms with E-state index in [9.17, 15) is 9.90 Å². The molecule has 3 heterocycles. The molecule has 0 spiro atoms. The summed E-state index contributed by atoms with van der Waals surface area (Å²) in [6.07, 6.45) is 3.42. The molecule has 8 heteroatoms. The van der Waals surface area contributed by atoms with Crippen molar-refractivity contribution in [3.8, 4) is 5.75 Å². The Bertz CT molecular complexity index is 955. The first kappa shape index (κ1) is 23.4. The minimum atomic E-state index is -3.16. The minimum absolute atomic E-state index is 0.0402. The van der Waals surface area contributed by atoms with Crippen LogP contribution in [0.1, 0.15) is 45.1 Å². The Morgan fingerprint density at radius 1 is 1.16 bits per heavy atom. The van der Waals surface area contributed by atoms with Crippen LogP contribution in [0.15, 0.2) is 33.5 Å². The summed E-state index contributed by atoms with van der Waals surface area (Å²) in [5.41, 5.74) is 0.535. The molecule has 2 aromatic rings. The Hall–Kier alpha value is -0.741. The van der Waals surface area contributed by atoms with Gasteiger partial charge in [0.1, 0.15) is 0 Å². The summed E-state index contributed by atoms with van der Waals surface area (Å²) in [5, 5.41) is 12.0. The molecule has 0 saturated carbocycles. The molecule has 4 atom stereocenters. The third kappa shape index (κ3) is 5.10. The fraction of sp³-hybridized carbons (Fsp3) is 0.609. The zero-order chi connectivity index (χ0) is 22.0. The third-order valence-electron chi connectivity index (χ3n) is 6.12. The van der Waals surface area contributed by atoms with Gasteiger partial charge in [-0.25, -0.2) is 0 Å². The van der Waals surface area contributed by atoms with Gasteiger partial charge in [0.2, 0.25) is 0 Å². The quantitative estimate of drug-likeness (QED) is 0.373. The maximum absolute atomic E-state index is 11.7. The van der Waals surface area contributed by atoms with Gasteiger partial charge in [0.25, 0.3) is 0 Å². The van der Waals surface area contributed by atoms with Gasteiger partial charge in [-0.05, 0) is 0 Å². The van der Waals surface area contributed by atoms with E-state index in [0.717, 1.165) is 51.3 Å². The average Bonchev–Trinajstić information content (AvgIpc) is 3.12. The van der Waals surface area contributed by atoms with E-state index < -0.39 is 30.7 Å². The van der Waals surface area contributed by atoms with Gasteiger partial charge >= 0.3 is 193 Å². The number of hydrogen-bond donors (Lipinski definition) is 1. The van der Waals surface area contributed by atoms with Gasteiger partial charge in [-0.2, -0.15) is 0 Å². The fourth-order valence-electron chi connectivity index (χ4n) is 4.43. The second-order valence-electron chi connectivity index (χ2n) is 8.57. The van der Waals surface area contributed by atoms with Crippen molar-refractivity contribution < 1.29 is 20.4 Å². The van der Waals surface area contributed by atoms with E-state index in [1.807, 2.05) is 19.1 Å². The van der Waals surface area contributed by atoms with Crippen molar-refractivity contribution in [2.45, 2.75) is 79.1 Å². The molecule has 6 nitrogen and oxygen atoms in total. The van der Waals surface area contributed by atoms with Crippen molar-refractivity contribution in [2.75, 3.05) is 5.75 Å². The van der Waals surface area contributed by atoms with E-state index in [4.69, 9.17) is 15.3 Å². The number of aliphatic hydroxyl groups excluding tert-OH is 1. The van der Waals surface area contributed by atoms with E-state index in [-0.39, 0.29) is 17.8 Å². The average molecular weight is 555 g/mol. The zero-order valence-corrected chi connectivity index (χ0v) is 22.1. The summed E-state index contributed by atoms with van der Waals surface area (Å²) >= 11 is -1.60. The first-order valence-corrected chi connectivity index (χ1v) is 18.7. The summed E-state index contributed by atoms with van der Waals surface area (Å²) in [6.45, 7) is 6.28. The molecule has 2 aliphatic heterocycles. The van der Waals surface area contributed by atoms with Gasteiger partial charge in [-0.15, -0.1) is 0 Å². The van der Waals surface area contributed by atoms with Crippen molar-refractivity contribution in [3.63, 3.8) is 0 Å². The van der Waals surface area contributed by atoms with E-state index in [0.29, 0.717) is 11.3 Å². The maximum atomic E-state index is 11.7. The molecule has 2 aliphatic rings. The van der Waals surface area contributed by atoms with Crippen molar-refractivity contribution in [1.29, 1.82) is 0 Å².